The maximum atomic E-state index is 11.8. The van der Waals surface area contributed by atoms with Crippen LogP contribution in [0.15, 0.2) is 59.1 Å². The molecule has 0 unspecified atom stereocenters. The van der Waals surface area contributed by atoms with Crippen molar-refractivity contribution in [2.75, 3.05) is 26.6 Å². The van der Waals surface area contributed by atoms with Crippen molar-refractivity contribution >= 4 is 23.0 Å². The van der Waals surface area contributed by atoms with Crippen LogP contribution in [0.4, 0.5) is 6.01 Å². The zero-order valence-corrected chi connectivity index (χ0v) is 17.8. The summed E-state index contributed by atoms with van der Waals surface area (Å²) in [6.07, 6.45) is 1.52. The third-order valence-electron chi connectivity index (χ3n) is 4.70. The van der Waals surface area contributed by atoms with Crippen LogP contribution in [-0.2, 0) is 6.54 Å². The van der Waals surface area contributed by atoms with E-state index < -0.39 is 0 Å². The van der Waals surface area contributed by atoms with Crippen LogP contribution >= 0.6 is 0 Å². The highest BCUT2D eigenvalue weighted by atomic mass is 16.5. The quantitative estimate of drug-likeness (QED) is 0.428. The summed E-state index contributed by atoms with van der Waals surface area (Å²) in [5.74, 6) is 2.05. The molecule has 0 radical (unpaired) electrons. The number of nitrogens with one attached hydrogen (secondary N) is 2. The fourth-order valence-corrected chi connectivity index (χ4v) is 3.17. The summed E-state index contributed by atoms with van der Waals surface area (Å²) in [5.41, 5.74) is 2.41. The van der Waals surface area contributed by atoms with Crippen LogP contribution in [-0.4, -0.2) is 37.1 Å². The number of oxazole rings is 1. The van der Waals surface area contributed by atoms with Crippen LogP contribution in [0.2, 0.25) is 0 Å². The number of hydrogen-bond donors (Lipinski definition) is 2. The van der Waals surface area contributed by atoms with Gasteiger partial charge in [-0.25, -0.2) is 0 Å². The van der Waals surface area contributed by atoms with Crippen LogP contribution < -0.4 is 24.8 Å². The van der Waals surface area contributed by atoms with Crippen LogP contribution in [0.25, 0.3) is 11.1 Å². The number of pyridine rings is 1. The predicted octanol–water partition coefficient (Wildman–Crippen LogP) is 4.00. The summed E-state index contributed by atoms with van der Waals surface area (Å²) in [4.78, 5) is 20.2. The van der Waals surface area contributed by atoms with E-state index >= 15 is 0 Å². The number of anilines is 1. The van der Waals surface area contributed by atoms with E-state index in [-0.39, 0.29) is 11.6 Å². The Balaban J connectivity index is 1.50. The van der Waals surface area contributed by atoms with Crippen molar-refractivity contribution in [3.63, 3.8) is 0 Å². The van der Waals surface area contributed by atoms with E-state index in [2.05, 4.69) is 20.6 Å². The van der Waals surface area contributed by atoms with Crippen molar-refractivity contribution < 1.29 is 23.4 Å². The molecule has 4 rings (SSSR count). The van der Waals surface area contributed by atoms with Gasteiger partial charge in [0.1, 0.15) is 22.7 Å². The summed E-state index contributed by atoms with van der Waals surface area (Å²) < 4.78 is 22.5. The zero-order valence-electron chi connectivity index (χ0n) is 17.8. The fraction of sp³-hybridized carbons (Fsp3) is 0.174. The average molecular weight is 434 g/mol. The number of hydrogen-bond acceptors (Lipinski definition) is 8. The van der Waals surface area contributed by atoms with E-state index in [9.17, 15) is 4.79 Å². The van der Waals surface area contributed by atoms with Gasteiger partial charge in [0.25, 0.3) is 11.9 Å². The van der Waals surface area contributed by atoms with E-state index in [1.807, 2.05) is 18.2 Å². The Kier molecular flexibility index (Phi) is 6.07. The molecule has 1 amide bonds. The summed E-state index contributed by atoms with van der Waals surface area (Å²) in [6, 6.07) is 14.6. The monoisotopic (exact) mass is 434 g/mol. The highest BCUT2D eigenvalue weighted by Crippen LogP contribution is 2.32. The van der Waals surface area contributed by atoms with E-state index in [0.717, 1.165) is 5.56 Å². The predicted molar refractivity (Wildman–Crippen MR) is 119 cm³/mol. The molecule has 0 bridgehead atoms. The zero-order chi connectivity index (χ0) is 22.5. The third kappa shape index (κ3) is 4.41. The number of methoxy groups -OCH3 is 2. The Bertz CT molecular complexity index is 1250. The van der Waals surface area contributed by atoms with Crippen molar-refractivity contribution in [1.82, 2.24) is 15.3 Å². The number of carbonyl (C=O) groups excluding carboxylic acids is 1. The van der Waals surface area contributed by atoms with Gasteiger partial charge in [0.05, 0.1) is 14.2 Å². The Hall–Kier alpha value is -4.27. The molecule has 0 spiro atoms. The van der Waals surface area contributed by atoms with Gasteiger partial charge in [-0.2, -0.15) is 4.98 Å². The van der Waals surface area contributed by atoms with E-state index in [1.54, 1.807) is 51.6 Å². The van der Waals surface area contributed by atoms with Gasteiger partial charge >= 0.3 is 0 Å². The molecule has 2 aromatic carbocycles. The van der Waals surface area contributed by atoms with Crippen LogP contribution in [0, 0.1) is 0 Å². The largest absolute Gasteiger partial charge is 0.493 e. The third-order valence-corrected chi connectivity index (χ3v) is 4.70. The molecule has 2 N–H and O–H groups in total. The first-order valence-electron chi connectivity index (χ1n) is 9.81. The average Bonchev–Trinajstić information content (AvgIpc) is 3.24. The van der Waals surface area contributed by atoms with E-state index in [4.69, 9.17) is 18.6 Å². The molecule has 164 valence electrons. The standard InChI is InChI=1S/C23H22N4O5/c1-24-22(28)18-11-16(9-10-25-18)31-15-7-8-17-20(12-15)32-23(27-17)26-13-14-5-4-6-19(29-2)21(14)30-3/h4-12H,13H2,1-3H3,(H,24,28)(H,26,27). The lowest BCUT2D eigenvalue weighted by molar-refractivity contribution is 0.0958. The van der Waals surface area contributed by atoms with Gasteiger partial charge in [-0.3, -0.25) is 9.78 Å². The molecular weight excluding hydrogens is 412 g/mol. The second kappa shape index (κ2) is 9.25. The second-order valence-corrected chi connectivity index (χ2v) is 6.71. The molecule has 0 aliphatic heterocycles. The van der Waals surface area contributed by atoms with Crippen molar-refractivity contribution in [1.29, 1.82) is 0 Å². The second-order valence-electron chi connectivity index (χ2n) is 6.71. The number of aromatic nitrogens is 2. The summed E-state index contributed by atoms with van der Waals surface area (Å²) in [5, 5.41) is 5.70. The highest BCUT2D eigenvalue weighted by Gasteiger charge is 2.12. The van der Waals surface area contributed by atoms with Crippen molar-refractivity contribution in [3.05, 3.63) is 66.0 Å². The molecule has 0 atom stereocenters. The van der Waals surface area contributed by atoms with E-state index in [0.29, 0.717) is 46.7 Å². The minimum absolute atomic E-state index is 0.269. The number of ether oxygens (including phenoxy) is 3. The molecule has 9 nitrogen and oxygen atoms in total. The van der Waals surface area contributed by atoms with Gasteiger partial charge in [0, 0.05) is 37.5 Å². The minimum Gasteiger partial charge on any atom is -0.493 e. The van der Waals surface area contributed by atoms with Gasteiger partial charge in [0.2, 0.25) is 0 Å². The maximum absolute atomic E-state index is 11.8. The molecule has 0 saturated heterocycles. The number of nitrogens with zero attached hydrogens (tertiary/aromatic N) is 2. The first-order valence-corrected chi connectivity index (χ1v) is 9.81. The molecule has 2 heterocycles. The SMILES string of the molecule is CNC(=O)c1cc(Oc2ccc3nc(NCc4cccc(OC)c4OC)oc3c2)ccn1. The number of fused-ring (bicyclic) bond motifs is 1. The van der Waals surface area contributed by atoms with Gasteiger partial charge in [0.15, 0.2) is 17.1 Å². The van der Waals surface area contributed by atoms with Crippen molar-refractivity contribution in [3.8, 4) is 23.0 Å². The first kappa shape index (κ1) is 21.0. The van der Waals surface area contributed by atoms with Crippen LogP contribution in [0.1, 0.15) is 16.1 Å². The molecule has 0 aliphatic carbocycles. The molecule has 2 aromatic heterocycles. The highest BCUT2D eigenvalue weighted by molar-refractivity contribution is 5.92. The topological polar surface area (TPSA) is 108 Å². The Labute approximate surface area is 184 Å². The molecule has 32 heavy (non-hydrogen) atoms. The lowest BCUT2D eigenvalue weighted by Gasteiger charge is -2.12. The maximum Gasteiger partial charge on any atom is 0.295 e. The van der Waals surface area contributed by atoms with Crippen molar-refractivity contribution in [2.24, 2.45) is 0 Å². The molecular formula is C23H22N4O5. The molecule has 4 aromatic rings. The van der Waals surface area contributed by atoms with Gasteiger partial charge < -0.3 is 29.3 Å². The normalized spacial score (nSPS) is 10.6. The molecule has 9 heteroatoms. The van der Waals surface area contributed by atoms with Crippen LogP contribution in [0.5, 0.6) is 23.0 Å². The Morgan fingerprint density at radius 3 is 2.69 bits per heavy atom. The van der Waals surface area contributed by atoms with Gasteiger partial charge in [-0.1, -0.05) is 12.1 Å². The summed E-state index contributed by atoms with van der Waals surface area (Å²) in [7, 11) is 4.74. The molecule has 0 fully saturated rings. The number of para-hydroxylation sites is 1. The summed E-state index contributed by atoms with van der Waals surface area (Å²) >= 11 is 0. The fourth-order valence-electron chi connectivity index (χ4n) is 3.17. The Morgan fingerprint density at radius 2 is 1.91 bits per heavy atom. The lowest BCUT2D eigenvalue weighted by atomic mass is 10.2. The van der Waals surface area contributed by atoms with Gasteiger partial charge in [-0.05, 0) is 24.3 Å². The lowest BCUT2D eigenvalue weighted by Crippen LogP contribution is -2.18. The number of benzene rings is 2. The number of rotatable bonds is 8. The van der Waals surface area contributed by atoms with Gasteiger partial charge in [-0.15, -0.1) is 0 Å². The molecule has 0 aliphatic rings. The number of amides is 1. The smallest absolute Gasteiger partial charge is 0.295 e. The van der Waals surface area contributed by atoms with Crippen molar-refractivity contribution in [2.45, 2.75) is 6.54 Å². The van der Waals surface area contributed by atoms with E-state index in [1.165, 1.54) is 6.20 Å². The Morgan fingerprint density at radius 1 is 1.06 bits per heavy atom. The van der Waals surface area contributed by atoms with Crippen LogP contribution in [0.3, 0.4) is 0 Å². The first-order chi connectivity index (χ1) is 15.6. The number of carbonyl (C=O) groups is 1. The minimum atomic E-state index is -0.287. The summed E-state index contributed by atoms with van der Waals surface area (Å²) in [6.45, 7) is 0.440. The molecule has 0 saturated carbocycles.